The van der Waals surface area contributed by atoms with E-state index >= 15 is 0 Å². The zero-order valence-electron chi connectivity index (χ0n) is 13.1. The van der Waals surface area contributed by atoms with E-state index in [0.717, 1.165) is 0 Å². The van der Waals surface area contributed by atoms with Crippen LogP contribution in [0.4, 0.5) is 4.39 Å². The number of amides is 1. The molecule has 0 fully saturated rings. The number of carbonyl (C=O) groups excluding carboxylic acids is 1. The average Bonchev–Trinajstić information content (AvgIpc) is 2.44. The first-order valence-corrected chi connectivity index (χ1v) is 7.20. The third kappa shape index (κ3) is 5.71. The van der Waals surface area contributed by atoms with Crippen LogP contribution in [-0.4, -0.2) is 28.6 Å². The van der Waals surface area contributed by atoms with Crippen LogP contribution in [-0.2, 0) is 9.59 Å². The lowest BCUT2D eigenvalue weighted by Crippen LogP contribution is -2.49. The Hall–Kier alpha value is -2.11. The predicted molar refractivity (Wildman–Crippen MR) is 80.2 cm³/mol. The highest BCUT2D eigenvalue weighted by Crippen LogP contribution is 2.19. The van der Waals surface area contributed by atoms with Gasteiger partial charge in [0.2, 0.25) is 0 Å². The lowest BCUT2D eigenvalue weighted by molar-refractivity contribution is -0.138. The van der Waals surface area contributed by atoms with E-state index in [-0.39, 0.29) is 18.1 Å². The Balaban J connectivity index is 2.68. The third-order valence-corrected chi connectivity index (χ3v) is 3.19. The first-order valence-electron chi connectivity index (χ1n) is 7.20. The van der Waals surface area contributed by atoms with Crippen molar-refractivity contribution in [3.8, 4) is 5.75 Å². The second-order valence-electron chi connectivity index (χ2n) is 5.71. The van der Waals surface area contributed by atoms with Crippen LogP contribution in [0.3, 0.4) is 0 Å². The Bertz CT molecular complexity index is 531. The minimum atomic E-state index is -0.919. The van der Waals surface area contributed by atoms with E-state index in [1.165, 1.54) is 18.2 Å². The molecule has 0 heterocycles. The van der Waals surface area contributed by atoms with Gasteiger partial charge in [-0.05, 0) is 38.8 Å². The Morgan fingerprint density at radius 1 is 1.36 bits per heavy atom. The summed E-state index contributed by atoms with van der Waals surface area (Å²) in [5, 5.41) is 11.5. The number of para-hydroxylation sites is 1. The van der Waals surface area contributed by atoms with Crippen LogP contribution < -0.4 is 10.1 Å². The van der Waals surface area contributed by atoms with Crippen molar-refractivity contribution in [2.75, 3.05) is 0 Å². The summed E-state index contributed by atoms with van der Waals surface area (Å²) < 4.78 is 19.0. The van der Waals surface area contributed by atoms with E-state index in [4.69, 9.17) is 9.84 Å². The number of carboxylic acid groups (broad SMARTS) is 1. The molecule has 0 saturated carbocycles. The Morgan fingerprint density at radius 3 is 2.55 bits per heavy atom. The number of aliphatic carboxylic acids is 1. The highest BCUT2D eigenvalue weighted by molar-refractivity contribution is 5.81. The molecule has 22 heavy (non-hydrogen) atoms. The molecule has 1 aromatic carbocycles. The Labute approximate surface area is 129 Å². The van der Waals surface area contributed by atoms with Gasteiger partial charge in [-0.15, -0.1) is 0 Å². The first-order chi connectivity index (χ1) is 10.2. The summed E-state index contributed by atoms with van der Waals surface area (Å²) in [4.78, 5) is 22.9. The molecule has 0 aliphatic rings. The molecule has 1 unspecified atom stereocenters. The summed E-state index contributed by atoms with van der Waals surface area (Å²) in [5.74, 6) is -1.81. The highest BCUT2D eigenvalue weighted by Gasteiger charge is 2.27. The summed E-state index contributed by atoms with van der Waals surface area (Å²) in [6, 6.07) is 5.88. The second-order valence-corrected chi connectivity index (χ2v) is 5.71. The third-order valence-electron chi connectivity index (χ3n) is 3.19. The van der Waals surface area contributed by atoms with Gasteiger partial charge in [0, 0.05) is 12.0 Å². The molecule has 0 aliphatic heterocycles. The molecular formula is C16H22FNO4. The number of carboxylic acids is 1. The topological polar surface area (TPSA) is 75.6 Å². The van der Waals surface area contributed by atoms with Crippen molar-refractivity contribution >= 4 is 11.9 Å². The van der Waals surface area contributed by atoms with Gasteiger partial charge in [0.25, 0.3) is 5.91 Å². The zero-order valence-corrected chi connectivity index (χ0v) is 13.1. The molecule has 1 amide bonds. The molecule has 5 nitrogen and oxygen atoms in total. The van der Waals surface area contributed by atoms with Crippen LogP contribution in [0.25, 0.3) is 0 Å². The highest BCUT2D eigenvalue weighted by atomic mass is 19.1. The van der Waals surface area contributed by atoms with Crippen molar-refractivity contribution in [2.45, 2.75) is 51.7 Å². The fourth-order valence-corrected chi connectivity index (χ4v) is 1.91. The molecule has 0 bridgehead atoms. The number of ether oxygens (including phenoxy) is 1. The fraction of sp³-hybridized carbons (Fsp3) is 0.500. The number of halogens is 1. The van der Waals surface area contributed by atoms with Gasteiger partial charge in [0.05, 0.1) is 0 Å². The van der Waals surface area contributed by atoms with Crippen LogP contribution in [0.5, 0.6) is 5.75 Å². The number of carbonyl (C=O) groups is 2. The molecule has 122 valence electrons. The van der Waals surface area contributed by atoms with Gasteiger partial charge in [-0.25, -0.2) is 4.39 Å². The van der Waals surface area contributed by atoms with E-state index in [1.54, 1.807) is 26.8 Å². The fourth-order valence-electron chi connectivity index (χ4n) is 1.91. The minimum absolute atomic E-state index is 0.0212. The molecule has 0 aromatic heterocycles. The van der Waals surface area contributed by atoms with Gasteiger partial charge in [0.1, 0.15) is 0 Å². The van der Waals surface area contributed by atoms with E-state index in [0.29, 0.717) is 12.8 Å². The normalized spacial score (nSPS) is 12.5. The molecule has 0 saturated heterocycles. The largest absolute Gasteiger partial charge is 0.481 e. The summed E-state index contributed by atoms with van der Waals surface area (Å²) in [6.07, 6.45) is -0.210. The summed E-state index contributed by atoms with van der Waals surface area (Å²) in [7, 11) is 0. The predicted octanol–water partition coefficient (Wildman–Crippen LogP) is 2.74. The van der Waals surface area contributed by atoms with Crippen LogP contribution in [0.2, 0.25) is 0 Å². The summed E-state index contributed by atoms with van der Waals surface area (Å²) in [6.45, 7) is 5.24. The molecule has 1 atom stereocenters. The molecule has 0 aliphatic carbocycles. The van der Waals surface area contributed by atoms with Gasteiger partial charge >= 0.3 is 5.97 Å². The smallest absolute Gasteiger partial charge is 0.303 e. The SMILES string of the molecule is CCC(Oc1ccccc1F)C(=O)NC(C)(C)CCC(=O)O. The molecule has 6 heteroatoms. The minimum Gasteiger partial charge on any atom is -0.481 e. The van der Waals surface area contributed by atoms with E-state index in [2.05, 4.69) is 5.32 Å². The lowest BCUT2D eigenvalue weighted by Gasteiger charge is -2.28. The molecular weight excluding hydrogens is 289 g/mol. The standard InChI is InChI=1S/C16H22FNO4/c1-4-12(22-13-8-6-5-7-11(13)17)15(21)18-16(2,3)10-9-14(19)20/h5-8,12H,4,9-10H2,1-3H3,(H,18,21)(H,19,20). The van der Waals surface area contributed by atoms with E-state index in [9.17, 15) is 14.0 Å². The van der Waals surface area contributed by atoms with Gasteiger partial charge in [-0.2, -0.15) is 0 Å². The van der Waals surface area contributed by atoms with Gasteiger partial charge in [0.15, 0.2) is 17.7 Å². The summed E-state index contributed by atoms with van der Waals surface area (Å²) in [5.41, 5.74) is -0.679. The van der Waals surface area contributed by atoms with Crippen LogP contribution in [0.15, 0.2) is 24.3 Å². The van der Waals surface area contributed by atoms with Crippen molar-refractivity contribution < 1.29 is 23.8 Å². The van der Waals surface area contributed by atoms with Crippen LogP contribution in [0, 0.1) is 5.82 Å². The number of rotatable bonds is 8. The maximum atomic E-state index is 13.6. The summed E-state index contributed by atoms with van der Waals surface area (Å²) >= 11 is 0. The van der Waals surface area contributed by atoms with Crippen LogP contribution in [0.1, 0.15) is 40.0 Å². The van der Waals surface area contributed by atoms with Gasteiger partial charge in [-0.3, -0.25) is 9.59 Å². The molecule has 1 rings (SSSR count). The zero-order chi connectivity index (χ0) is 16.8. The molecule has 2 N–H and O–H groups in total. The van der Waals surface area contributed by atoms with E-state index in [1.807, 2.05) is 0 Å². The average molecular weight is 311 g/mol. The Morgan fingerprint density at radius 2 is 2.00 bits per heavy atom. The first kappa shape index (κ1) is 17.9. The number of benzene rings is 1. The molecule has 1 aromatic rings. The van der Waals surface area contributed by atoms with Gasteiger partial charge in [-0.1, -0.05) is 19.1 Å². The monoisotopic (exact) mass is 311 g/mol. The van der Waals surface area contributed by atoms with Gasteiger partial charge < -0.3 is 15.2 Å². The maximum Gasteiger partial charge on any atom is 0.303 e. The molecule has 0 radical (unpaired) electrons. The molecule has 0 spiro atoms. The van der Waals surface area contributed by atoms with Crippen molar-refractivity contribution in [1.82, 2.24) is 5.32 Å². The second kappa shape index (κ2) is 7.77. The maximum absolute atomic E-state index is 13.6. The van der Waals surface area contributed by atoms with Crippen molar-refractivity contribution in [1.29, 1.82) is 0 Å². The quantitative estimate of drug-likeness (QED) is 0.774. The Kier molecular flexibility index (Phi) is 6.34. The number of hydrogen-bond donors (Lipinski definition) is 2. The van der Waals surface area contributed by atoms with Crippen LogP contribution >= 0.6 is 0 Å². The van der Waals surface area contributed by atoms with E-state index < -0.39 is 23.4 Å². The van der Waals surface area contributed by atoms with Crippen molar-refractivity contribution in [3.63, 3.8) is 0 Å². The lowest BCUT2D eigenvalue weighted by atomic mass is 9.98. The van der Waals surface area contributed by atoms with Crippen molar-refractivity contribution in [3.05, 3.63) is 30.1 Å². The van der Waals surface area contributed by atoms with Crippen molar-refractivity contribution in [2.24, 2.45) is 0 Å². The number of hydrogen-bond acceptors (Lipinski definition) is 3. The number of nitrogens with one attached hydrogen (secondary N) is 1.